The molecule has 0 aliphatic carbocycles. The minimum Gasteiger partial charge on any atom is -0.302 e. The number of likely N-dealkylation sites (tertiary alicyclic amines) is 1. The maximum Gasteiger partial charge on any atom is 0.242 e. The van der Waals surface area contributed by atoms with E-state index in [9.17, 15) is 8.42 Å². The highest BCUT2D eigenvalue weighted by atomic mass is 35.5. The summed E-state index contributed by atoms with van der Waals surface area (Å²) in [7, 11) is -3.57. The lowest BCUT2D eigenvalue weighted by molar-refractivity contribution is 0.344. The normalized spacial score (nSPS) is 16.9. The van der Waals surface area contributed by atoms with Gasteiger partial charge in [-0.3, -0.25) is 0 Å². The fraction of sp³-hybridized carbons (Fsp3) is 0.545. The van der Waals surface area contributed by atoms with E-state index in [1.54, 1.807) is 0 Å². The van der Waals surface area contributed by atoms with Crippen LogP contribution in [-0.2, 0) is 10.0 Å². The molecule has 1 aromatic heterocycles. The van der Waals surface area contributed by atoms with Gasteiger partial charge in [0.1, 0.15) is 10.0 Å². The standard InChI is InChI=1S/C11H15Cl2N3O2S/c12-10-7-9(8-14-11(10)13)19(17,18)15-3-6-16-4-1-2-5-16/h7-8,15H,1-6H2. The molecular weight excluding hydrogens is 309 g/mol. The van der Waals surface area contributed by atoms with Crippen molar-refractivity contribution in [3.63, 3.8) is 0 Å². The fourth-order valence-electron chi connectivity index (χ4n) is 1.98. The van der Waals surface area contributed by atoms with E-state index in [2.05, 4.69) is 14.6 Å². The highest BCUT2D eigenvalue weighted by Gasteiger charge is 2.17. The van der Waals surface area contributed by atoms with Gasteiger partial charge in [-0.05, 0) is 32.0 Å². The highest BCUT2D eigenvalue weighted by Crippen LogP contribution is 2.21. The summed E-state index contributed by atoms with van der Waals surface area (Å²) in [4.78, 5) is 6.00. The molecular formula is C11H15Cl2N3O2S. The van der Waals surface area contributed by atoms with E-state index in [4.69, 9.17) is 23.2 Å². The molecule has 106 valence electrons. The summed E-state index contributed by atoms with van der Waals surface area (Å²) in [6.45, 7) is 3.17. The van der Waals surface area contributed by atoms with E-state index in [0.29, 0.717) is 13.1 Å². The molecule has 1 fully saturated rings. The number of hydrogen-bond acceptors (Lipinski definition) is 4. The minimum atomic E-state index is -3.57. The summed E-state index contributed by atoms with van der Waals surface area (Å²) in [6.07, 6.45) is 3.57. The van der Waals surface area contributed by atoms with Gasteiger partial charge >= 0.3 is 0 Å². The lowest BCUT2D eigenvalue weighted by Crippen LogP contribution is -2.33. The van der Waals surface area contributed by atoms with Crippen LogP contribution in [0, 0.1) is 0 Å². The van der Waals surface area contributed by atoms with E-state index < -0.39 is 10.0 Å². The molecule has 0 amide bonds. The van der Waals surface area contributed by atoms with Crippen LogP contribution in [-0.4, -0.2) is 44.5 Å². The average Bonchev–Trinajstić information content (AvgIpc) is 2.85. The van der Waals surface area contributed by atoms with Crippen LogP contribution in [0.1, 0.15) is 12.8 Å². The molecule has 0 atom stereocenters. The third-order valence-electron chi connectivity index (χ3n) is 3.00. The summed E-state index contributed by atoms with van der Waals surface area (Å²) in [6, 6.07) is 1.30. The van der Waals surface area contributed by atoms with Crippen LogP contribution < -0.4 is 4.72 Å². The molecule has 1 N–H and O–H groups in total. The number of aromatic nitrogens is 1. The molecule has 0 bridgehead atoms. The summed E-state index contributed by atoms with van der Waals surface area (Å²) in [5.74, 6) is 0. The topological polar surface area (TPSA) is 62.3 Å². The van der Waals surface area contributed by atoms with Crippen molar-refractivity contribution in [1.29, 1.82) is 0 Å². The molecule has 1 aromatic rings. The first-order valence-corrected chi connectivity index (χ1v) is 8.26. The van der Waals surface area contributed by atoms with Crippen LogP contribution in [0.25, 0.3) is 0 Å². The Kier molecular flexibility index (Phi) is 5.03. The molecule has 1 saturated heterocycles. The highest BCUT2D eigenvalue weighted by molar-refractivity contribution is 7.89. The Morgan fingerprint density at radius 3 is 2.63 bits per heavy atom. The van der Waals surface area contributed by atoms with Gasteiger partial charge < -0.3 is 4.90 Å². The average molecular weight is 324 g/mol. The van der Waals surface area contributed by atoms with Crippen LogP contribution in [0.3, 0.4) is 0 Å². The summed E-state index contributed by atoms with van der Waals surface area (Å²) >= 11 is 11.4. The van der Waals surface area contributed by atoms with Crippen LogP contribution in [0.4, 0.5) is 0 Å². The Labute approximate surface area is 123 Å². The number of halogens is 2. The van der Waals surface area contributed by atoms with Gasteiger partial charge in [-0.25, -0.2) is 18.1 Å². The number of pyridine rings is 1. The Morgan fingerprint density at radius 1 is 1.32 bits per heavy atom. The maximum atomic E-state index is 12.0. The van der Waals surface area contributed by atoms with Crippen molar-refractivity contribution in [2.24, 2.45) is 0 Å². The van der Waals surface area contributed by atoms with Crippen molar-refractivity contribution in [2.45, 2.75) is 17.7 Å². The van der Waals surface area contributed by atoms with Crippen molar-refractivity contribution in [3.8, 4) is 0 Å². The van der Waals surface area contributed by atoms with Gasteiger partial charge in [-0.1, -0.05) is 23.2 Å². The third kappa shape index (κ3) is 4.03. The zero-order valence-electron chi connectivity index (χ0n) is 10.3. The Bertz CT molecular complexity index is 545. The number of hydrogen-bond donors (Lipinski definition) is 1. The van der Waals surface area contributed by atoms with Crippen molar-refractivity contribution < 1.29 is 8.42 Å². The number of rotatable bonds is 5. The van der Waals surface area contributed by atoms with Crippen LogP contribution in [0.15, 0.2) is 17.2 Å². The maximum absolute atomic E-state index is 12.0. The number of nitrogens with zero attached hydrogens (tertiary/aromatic N) is 2. The van der Waals surface area contributed by atoms with Crippen LogP contribution in [0.5, 0.6) is 0 Å². The van der Waals surface area contributed by atoms with E-state index in [-0.39, 0.29) is 15.1 Å². The first-order valence-electron chi connectivity index (χ1n) is 6.02. The first-order chi connectivity index (χ1) is 8.99. The van der Waals surface area contributed by atoms with E-state index in [0.717, 1.165) is 13.1 Å². The largest absolute Gasteiger partial charge is 0.302 e. The van der Waals surface area contributed by atoms with Gasteiger partial charge in [-0.15, -0.1) is 0 Å². The quantitative estimate of drug-likeness (QED) is 0.839. The molecule has 0 spiro atoms. The second-order valence-electron chi connectivity index (χ2n) is 4.39. The second-order valence-corrected chi connectivity index (χ2v) is 6.92. The SMILES string of the molecule is O=S(=O)(NCCN1CCCC1)c1cnc(Cl)c(Cl)c1. The molecule has 0 radical (unpaired) electrons. The zero-order chi connectivity index (χ0) is 13.9. The molecule has 0 unspecified atom stereocenters. The van der Waals surface area contributed by atoms with Crippen LogP contribution >= 0.6 is 23.2 Å². The van der Waals surface area contributed by atoms with Crippen molar-refractivity contribution in [1.82, 2.24) is 14.6 Å². The van der Waals surface area contributed by atoms with Crippen molar-refractivity contribution in [3.05, 3.63) is 22.4 Å². The number of nitrogens with one attached hydrogen (secondary N) is 1. The predicted molar refractivity (Wildman–Crippen MR) is 75.1 cm³/mol. The summed E-state index contributed by atoms with van der Waals surface area (Å²) in [5.41, 5.74) is 0. The van der Waals surface area contributed by atoms with E-state index >= 15 is 0 Å². The Morgan fingerprint density at radius 2 is 2.00 bits per heavy atom. The Balaban J connectivity index is 1.95. The van der Waals surface area contributed by atoms with Gasteiger partial charge in [0.2, 0.25) is 10.0 Å². The zero-order valence-corrected chi connectivity index (χ0v) is 12.6. The molecule has 19 heavy (non-hydrogen) atoms. The Hall–Kier alpha value is -0.400. The predicted octanol–water partition coefficient (Wildman–Crippen LogP) is 1.76. The van der Waals surface area contributed by atoms with Gasteiger partial charge in [0, 0.05) is 19.3 Å². The van der Waals surface area contributed by atoms with Gasteiger partial charge in [0.25, 0.3) is 0 Å². The molecule has 2 heterocycles. The molecule has 5 nitrogen and oxygen atoms in total. The fourth-order valence-corrected chi connectivity index (χ4v) is 3.30. The molecule has 0 aromatic carbocycles. The number of sulfonamides is 1. The third-order valence-corrected chi connectivity index (χ3v) is 5.11. The van der Waals surface area contributed by atoms with Gasteiger partial charge in [-0.2, -0.15) is 0 Å². The van der Waals surface area contributed by atoms with E-state index in [1.807, 2.05) is 0 Å². The van der Waals surface area contributed by atoms with Crippen molar-refractivity contribution >= 4 is 33.2 Å². The summed E-state index contributed by atoms with van der Waals surface area (Å²) < 4.78 is 26.5. The smallest absolute Gasteiger partial charge is 0.242 e. The van der Waals surface area contributed by atoms with Crippen LogP contribution in [0.2, 0.25) is 10.2 Å². The van der Waals surface area contributed by atoms with Crippen molar-refractivity contribution in [2.75, 3.05) is 26.2 Å². The molecule has 1 aliphatic heterocycles. The monoisotopic (exact) mass is 323 g/mol. The molecule has 8 heteroatoms. The summed E-state index contributed by atoms with van der Waals surface area (Å²) in [5, 5.41) is 0.224. The first kappa shape index (κ1) is 15.0. The molecule has 1 aliphatic rings. The van der Waals surface area contributed by atoms with E-state index in [1.165, 1.54) is 25.1 Å². The molecule has 0 saturated carbocycles. The minimum absolute atomic E-state index is 0.0309. The molecule has 2 rings (SSSR count). The second kappa shape index (κ2) is 6.37. The van der Waals surface area contributed by atoms with Gasteiger partial charge in [0.05, 0.1) is 5.02 Å². The van der Waals surface area contributed by atoms with Gasteiger partial charge in [0.15, 0.2) is 0 Å². The lowest BCUT2D eigenvalue weighted by atomic mass is 10.4. The lowest BCUT2D eigenvalue weighted by Gasteiger charge is -2.14.